The second-order valence-corrected chi connectivity index (χ2v) is 7.19. The predicted octanol–water partition coefficient (Wildman–Crippen LogP) is 3.27. The molecule has 0 aliphatic rings. The summed E-state index contributed by atoms with van der Waals surface area (Å²) in [6, 6.07) is 12.9. The monoisotopic (exact) mass is 411 g/mol. The van der Waals surface area contributed by atoms with Crippen molar-refractivity contribution in [3.63, 3.8) is 0 Å². The van der Waals surface area contributed by atoms with E-state index in [4.69, 9.17) is 4.74 Å². The van der Waals surface area contributed by atoms with Crippen molar-refractivity contribution in [1.29, 1.82) is 0 Å². The van der Waals surface area contributed by atoms with E-state index in [1.807, 2.05) is 43.3 Å². The number of amides is 2. The van der Waals surface area contributed by atoms with E-state index in [2.05, 4.69) is 20.8 Å². The van der Waals surface area contributed by atoms with E-state index in [-0.39, 0.29) is 17.6 Å². The Morgan fingerprint density at radius 2 is 1.86 bits per heavy atom. The molecule has 0 aliphatic heterocycles. The van der Waals surface area contributed by atoms with Gasteiger partial charge >= 0.3 is 0 Å². The number of carbonyl (C=O) groups excluding carboxylic acids is 2. The summed E-state index contributed by atoms with van der Waals surface area (Å²) in [5.74, 6) is 0.480. The Morgan fingerprint density at radius 3 is 2.55 bits per heavy atom. The van der Waals surface area contributed by atoms with Gasteiger partial charge in [-0.05, 0) is 48.9 Å². The molecule has 0 aliphatic carbocycles. The van der Waals surface area contributed by atoms with Crippen LogP contribution in [0.3, 0.4) is 0 Å². The zero-order chi connectivity index (χ0) is 20.8. The molecule has 2 aromatic carbocycles. The van der Waals surface area contributed by atoms with Crippen LogP contribution in [0.15, 0.2) is 53.9 Å². The molecule has 150 valence electrons. The SMILES string of the molecule is COc1ccc(-n2cnnc2SCC(=O)Nc2cc(C)ccc2NC(C)=O)cc1. The first kappa shape index (κ1) is 20.4. The maximum Gasteiger partial charge on any atom is 0.234 e. The lowest BCUT2D eigenvalue weighted by Gasteiger charge is -2.12. The number of thioether (sulfide) groups is 1. The number of methoxy groups -OCH3 is 1. The van der Waals surface area contributed by atoms with Crippen LogP contribution in [0.2, 0.25) is 0 Å². The van der Waals surface area contributed by atoms with Gasteiger partial charge in [0, 0.05) is 12.6 Å². The molecular formula is C20H21N5O3S. The molecule has 2 amide bonds. The van der Waals surface area contributed by atoms with Crippen molar-refractivity contribution in [2.24, 2.45) is 0 Å². The molecular weight excluding hydrogens is 390 g/mol. The summed E-state index contributed by atoms with van der Waals surface area (Å²) < 4.78 is 6.97. The smallest absolute Gasteiger partial charge is 0.234 e. The third-order valence-corrected chi connectivity index (χ3v) is 4.90. The first-order valence-corrected chi connectivity index (χ1v) is 9.80. The molecule has 1 aromatic heterocycles. The zero-order valence-corrected chi connectivity index (χ0v) is 17.1. The second kappa shape index (κ2) is 9.24. The van der Waals surface area contributed by atoms with Crippen molar-refractivity contribution >= 4 is 35.0 Å². The van der Waals surface area contributed by atoms with E-state index < -0.39 is 0 Å². The van der Waals surface area contributed by atoms with Crippen LogP contribution in [-0.2, 0) is 9.59 Å². The number of nitrogens with one attached hydrogen (secondary N) is 2. The summed E-state index contributed by atoms with van der Waals surface area (Å²) in [7, 11) is 1.61. The molecule has 0 radical (unpaired) electrons. The van der Waals surface area contributed by atoms with Crippen molar-refractivity contribution in [2.75, 3.05) is 23.5 Å². The van der Waals surface area contributed by atoms with Crippen LogP contribution in [0.1, 0.15) is 12.5 Å². The lowest BCUT2D eigenvalue weighted by atomic mass is 10.2. The fourth-order valence-electron chi connectivity index (χ4n) is 2.62. The van der Waals surface area contributed by atoms with E-state index in [0.717, 1.165) is 17.0 Å². The van der Waals surface area contributed by atoms with E-state index in [0.29, 0.717) is 16.5 Å². The van der Waals surface area contributed by atoms with Gasteiger partial charge in [0.25, 0.3) is 0 Å². The molecule has 0 unspecified atom stereocenters. The standard InChI is InChI=1S/C20H21N5O3S/c1-13-4-9-17(22-14(2)26)18(10-13)23-19(27)11-29-20-24-21-12-25(20)15-5-7-16(28-3)8-6-15/h4-10,12H,11H2,1-3H3,(H,22,26)(H,23,27). The molecule has 0 spiro atoms. The van der Waals surface area contributed by atoms with E-state index in [1.165, 1.54) is 18.7 Å². The van der Waals surface area contributed by atoms with Crippen LogP contribution in [-0.4, -0.2) is 39.4 Å². The fraction of sp³-hybridized carbons (Fsp3) is 0.200. The number of rotatable bonds is 7. The minimum atomic E-state index is -0.212. The molecule has 0 fully saturated rings. The first-order valence-electron chi connectivity index (χ1n) is 8.81. The Labute approximate surface area is 172 Å². The largest absolute Gasteiger partial charge is 0.497 e. The molecule has 0 saturated heterocycles. The highest BCUT2D eigenvalue weighted by Gasteiger charge is 2.13. The minimum Gasteiger partial charge on any atom is -0.497 e. The van der Waals surface area contributed by atoms with Gasteiger partial charge in [-0.1, -0.05) is 17.8 Å². The van der Waals surface area contributed by atoms with Crippen molar-refractivity contribution in [3.8, 4) is 11.4 Å². The Morgan fingerprint density at radius 1 is 1.10 bits per heavy atom. The number of ether oxygens (including phenoxy) is 1. The van der Waals surface area contributed by atoms with Crippen LogP contribution in [0.25, 0.3) is 5.69 Å². The second-order valence-electron chi connectivity index (χ2n) is 6.25. The molecule has 0 atom stereocenters. The van der Waals surface area contributed by atoms with Gasteiger partial charge in [-0.25, -0.2) is 0 Å². The van der Waals surface area contributed by atoms with Crippen LogP contribution in [0, 0.1) is 6.92 Å². The Bertz CT molecular complexity index is 1020. The topological polar surface area (TPSA) is 98.1 Å². The fourth-order valence-corrected chi connectivity index (χ4v) is 3.35. The Kier molecular flexibility index (Phi) is 6.50. The van der Waals surface area contributed by atoms with Gasteiger partial charge in [0.2, 0.25) is 11.8 Å². The summed E-state index contributed by atoms with van der Waals surface area (Å²) in [6.45, 7) is 3.34. The number of aromatic nitrogens is 3. The van der Waals surface area contributed by atoms with Crippen LogP contribution in [0.5, 0.6) is 5.75 Å². The third kappa shape index (κ3) is 5.35. The van der Waals surface area contributed by atoms with Gasteiger partial charge in [0.15, 0.2) is 5.16 Å². The number of hydrogen-bond acceptors (Lipinski definition) is 6. The summed E-state index contributed by atoms with van der Waals surface area (Å²) >= 11 is 1.27. The summed E-state index contributed by atoms with van der Waals surface area (Å²) in [6.07, 6.45) is 1.59. The maximum absolute atomic E-state index is 12.5. The number of aryl methyl sites for hydroxylation is 1. The molecule has 2 N–H and O–H groups in total. The lowest BCUT2D eigenvalue weighted by molar-refractivity contribution is -0.115. The van der Waals surface area contributed by atoms with Crippen LogP contribution >= 0.6 is 11.8 Å². The highest BCUT2D eigenvalue weighted by Crippen LogP contribution is 2.25. The Hall–Kier alpha value is -3.33. The molecule has 3 aromatic rings. The summed E-state index contributed by atoms with van der Waals surface area (Å²) in [4.78, 5) is 23.8. The minimum absolute atomic E-state index is 0.141. The third-order valence-electron chi connectivity index (χ3n) is 3.96. The number of carbonyl (C=O) groups is 2. The molecule has 8 nitrogen and oxygen atoms in total. The quantitative estimate of drug-likeness (QED) is 0.579. The number of anilines is 2. The lowest BCUT2D eigenvalue weighted by Crippen LogP contribution is -2.17. The average molecular weight is 411 g/mol. The number of nitrogens with zero attached hydrogens (tertiary/aromatic N) is 3. The Balaban J connectivity index is 1.67. The summed E-state index contributed by atoms with van der Waals surface area (Å²) in [5, 5.41) is 14.2. The van der Waals surface area contributed by atoms with Gasteiger partial charge in [0.05, 0.1) is 24.2 Å². The van der Waals surface area contributed by atoms with Gasteiger partial charge in [0.1, 0.15) is 12.1 Å². The molecule has 0 saturated carbocycles. The molecule has 1 heterocycles. The first-order chi connectivity index (χ1) is 14.0. The average Bonchev–Trinajstić information content (AvgIpc) is 3.17. The van der Waals surface area contributed by atoms with E-state index in [1.54, 1.807) is 24.1 Å². The van der Waals surface area contributed by atoms with Gasteiger partial charge in [-0.2, -0.15) is 0 Å². The van der Waals surface area contributed by atoms with E-state index >= 15 is 0 Å². The zero-order valence-electron chi connectivity index (χ0n) is 16.3. The van der Waals surface area contributed by atoms with Gasteiger partial charge < -0.3 is 15.4 Å². The number of benzene rings is 2. The van der Waals surface area contributed by atoms with Crippen molar-refractivity contribution in [3.05, 3.63) is 54.4 Å². The van der Waals surface area contributed by atoms with Crippen molar-refractivity contribution < 1.29 is 14.3 Å². The number of hydrogen-bond donors (Lipinski definition) is 2. The molecule has 0 bridgehead atoms. The van der Waals surface area contributed by atoms with Crippen molar-refractivity contribution in [1.82, 2.24) is 14.8 Å². The molecule has 9 heteroatoms. The highest BCUT2D eigenvalue weighted by atomic mass is 32.2. The van der Waals surface area contributed by atoms with E-state index in [9.17, 15) is 9.59 Å². The van der Waals surface area contributed by atoms with Crippen molar-refractivity contribution in [2.45, 2.75) is 19.0 Å². The van der Waals surface area contributed by atoms with Gasteiger partial charge in [-0.15, -0.1) is 10.2 Å². The molecule has 29 heavy (non-hydrogen) atoms. The van der Waals surface area contributed by atoms with Gasteiger partial charge in [-0.3, -0.25) is 14.2 Å². The van der Waals surface area contributed by atoms with Crippen LogP contribution in [0.4, 0.5) is 11.4 Å². The summed E-state index contributed by atoms with van der Waals surface area (Å²) in [5.41, 5.74) is 2.96. The predicted molar refractivity (Wildman–Crippen MR) is 113 cm³/mol. The highest BCUT2D eigenvalue weighted by molar-refractivity contribution is 7.99. The normalized spacial score (nSPS) is 10.4. The molecule has 3 rings (SSSR count). The maximum atomic E-state index is 12.5. The van der Waals surface area contributed by atoms with Crippen LogP contribution < -0.4 is 15.4 Å².